The predicted molar refractivity (Wildman–Crippen MR) is 131 cm³/mol. The summed E-state index contributed by atoms with van der Waals surface area (Å²) >= 11 is 0. The van der Waals surface area contributed by atoms with Crippen LogP contribution in [0.15, 0.2) is 48.0 Å². The highest BCUT2D eigenvalue weighted by Crippen LogP contribution is 2.41. The largest absolute Gasteiger partial charge is 0.507 e. The van der Waals surface area contributed by atoms with Crippen molar-refractivity contribution in [2.45, 2.75) is 12.5 Å². The molecule has 1 N–H and O–H groups in total. The first-order valence-electron chi connectivity index (χ1n) is 11.4. The monoisotopic (exact) mass is 465 g/mol. The van der Waals surface area contributed by atoms with Gasteiger partial charge in [-0.25, -0.2) is 0 Å². The standard InChI is InChI=1S/C26H31N3O5/c1-27(2)19-9-6-17(7-10-19)23-22(25(31)26(32)29(23)12-5-14-33-4)24(30)18-8-11-21-20(16-18)28(3)13-15-34-21/h6-11,16,23,30H,5,12-15H2,1-4H3/b24-22-. The number of ketones is 1. The lowest BCUT2D eigenvalue weighted by Gasteiger charge is -2.28. The van der Waals surface area contributed by atoms with E-state index < -0.39 is 17.7 Å². The summed E-state index contributed by atoms with van der Waals surface area (Å²) in [4.78, 5) is 31.8. The van der Waals surface area contributed by atoms with E-state index in [1.165, 1.54) is 4.90 Å². The molecular formula is C26H31N3O5. The number of anilines is 2. The van der Waals surface area contributed by atoms with Gasteiger partial charge in [-0.2, -0.15) is 0 Å². The van der Waals surface area contributed by atoms with Gasteiger partial charge in [-0.1, -0.05) is 12.1 Å². The number of likely N-dealkylation sites (tertiary alicyclic amines) is 1. The number of fused-ring (bicyclic) bond motifs is 1. The maximum Gasteiger partial charge on any atom is 0.295 e. The first kappa shape index (κ1) is 23.6. The van der Waals surface area contributed by atoms with Crippen LogP contribution in [-0.4, -0.2) is 76.3 Å². The number of rotatable bonds is 7. The van der Waals surface area contributed by atoms with Crippen LogP contribution in [0.1, 0.15) is 23.6 Å². The Morgan fingerprint density at radius 1 is 1.18 bits per heavy atom. The van der Waals surface area contributed by atoms with Crippen LogP contribution in [0, 0.1) is 0 Å². The van der Waals surface area contributed by atoms with Crippen molar-refractivity contribution in [3.05, 3.63) is 59.2 Å². The summed E-state index contributed by atoms with van der Waals surface area (Å²) in [7, 11) is 7.44. The number of aliphatic hydroxyl groups excluding tert-OH is 1. The molecule has 1 amide bonds. The Balaban J connectivity index is 1.80. The van der Waals surface area contributed by atoms with E-state index in [1.807, 2.05) is 55.2 Å². The first-order chi connectivity index (χ1) is 16.3. The van der Waals surface area contributed by atoms with E-state index in [0.717, 1.165) is 29.2 Å². The fourth-order valence-corrected chi connectivity index (χ4v) is 4.44. The second-order valence-corrected chi connectivity index (χ2v) is 8.78. The molecule has 2 aliphatic rings. The summed E-state index contributed by atoms with van der Waals surface area (Å²) in [5.74, 6) is -0.756. The van der Waals surface area contributed by atoms with E-state index >= 15 is 0 Å². The van der Waals surface area contributed by atoms with Crippen molar-refractivity contribution in [2.24, 2.45) is 0 Å². The van der Waals surface area contributed by atoms with E-state index in [-0.39, 0.29) is 11.3 Å². The van der Waals surface area contributed by atoms with Gasteiger partial charge in [-0.05, 0) is 42.3 Å². The van der Waals surface area contributed by atoms with E-state index in [2.05, 4.69) is 0 Å². The average molecular weight is 466 g/mol. The Bertz CT molecular complexity index is 1110. The quantitative estimate of drug-likeness (QED) is 0.291. The van der Waals surface area contributed by atoms with Gasteiger partial charge in [0, 0.05) is 52.7 Å². The number of carbonyl (C=O) groups is 2. The van der Waals surface area contributed by atoms with Crippen LogP contribution in [0.3, 0.4) is 0 Å². The Hall–Kier alpha value is -3.52. The smallest absolute Gasteiger partial charge is 0.295 e. The van der Waals surface area contributed by atoms with Crippen LogP contribution in [0.25, 0.3) is 5.76 Å². The van der Waals surface area contributed by atoms with Gasteiger partial charge < -0.3 is 29.3 Å². The van der Waals surface area contributed by atoms with E-state index in [0.29, 0.717) is 31.7 Å². The normalized spacial score (nSPS) is 19.2. The molecule has 0 bridgehead atoms. The van der Waals surface area contributed by atoms with Crippen LogP contribution in [0.5, 0.6) is 5.75 Å². The molecule has 0 aliphatic carbocycles. The average Bonchev–Trinajstić information content (AvgIpc) is 3.09. The van der Waals surface area contributed by atoms with Crippen molar-refractivity contribution in [1.82, 2.24) is 4.90 Å². The van der Waals surface area contributed by atoms with Crippen molar-refractivity contribution < 1.29 is 24.2 Å². The number of hydrogen-bond acceptors (Lipinski definition) is 7. The second kappa shape index (κ2) is 9.77. The van der Waals surface area contributed by atoms with Crippen LogP contribution in [-0.2, 0) is 14.3 Å². The highest BCUT2D eigenvalue weighted by atomic mass is 16.5. The van der Waals surface area contributed by atoms with E-state index in [1.54, 1.807) is 25.3 Å². The molecule has 180 valence electrons. The van der Waals surface area contributed by atoms with E-state index in [9.17, 15) is 14.7 Å². The van der Waals surface area contributed by atoms with Gasteiger partial charge >= 0.3 is 0 Å². The zero-order chi connectivity index (χ0) is 24.4. The summed E-state index contributed by atoms with van der Waals surface area (Å²) in [6.45, 7) is 2.12. The third kappa shape index (κ3) is 4.33. The van der Waals surface area contributed by atoms with Crippen molar-refractivity contribution >= 4 is 28.8 Å². The SMILES string of the molecule is COCCCN1C(=O)C(=O)/C(=C(\O)c2ccc3c(c2)N(C)CCO3)C1c1ccc(N(C)C)cc1. The summed E-state index contributed by atoms with van der Waals surface area (Å²) in [6, 6.07) is 12.3. The molecule has 0 radical (unpaired) electrons. The number of Topliss-reactive ketones (excluding diaryl/α,β-unsaturated/α-hetero) is 1. The fourth-order valence-electron chi connectivity index (χ4n) is 4.44. The molecule has 1 atom stereocenters. The zero-order valence-corrected chi connectivity index (χ0v) is 20.1. The van der Waals surface area contributed by atoms with Crippen molar-refractivity contribution in [3.8, 4) is 5.75 Å². The summed E-state index contributed by atoms with van der Waals surface area (Å²) < 4.78 is 10.8. The Morgan fingerprint density at radius 3 is 2.59 bits per heavy atom. The number of carbonyl (C=O) groups excluding carboxylic acids is 2. The van der Waals surface area contributed by atoms with Crippen LogP contribution in [0.2, 0.25) is 0 Å². The molecule has 1 fully saturated rings. The van der Waals surface area contributed by atoms with Gasteiger partial charge in [-0.15, -0.1) is 0 Å². The zero-order valence-electron chi connectivity index (χ0n) is 20.1. The number of methoxy groups -OCH3 is 1. The summed E-state index contributed by atoms with van der Waals surface area (Å²) in [6.07, 6.45) is 0.580. The number of nitrogens with zero attached hydrogens (tertiary/aromatic N) is 3. The number of aliphatic hydroxyl groups is 1. The number of hydrogen-bond donors (Lipinski definition) is 1. The Kier molecular flexibility index (Phi) is 6.79. The molecule has 8 heteroatoms. The molecule has 2 aliphatic heterocycles. The lowest BCUT2D eigenvalue weighted by molar-refractivity contribution is -0.140. The molecule has 2 aromatic rings. The third-order valence-electron chi connectivity index (χ3n) is 6.34. The Morgan fingerprint density at radius 2 is 1.91 bits per heavy atom. The van der Waals surface area contributed by atoms with Gasteiger partial charge in [0.05, 0.1) is 23.8 Å². The molecule has 1 saturated heterocycles. The fraction of sp³-hybridized carbons (Fsp3) is 0.385. The van der Waals surface area contributed by atoms with Crippen LogP contribution in [0.4, 0.5) is 11.4 Å². The molecule has 0 saturated carbocycles. The minimum atomic E-state index is -0.682. The number of amides is 1. The van der Waals surface area contributed by atoms with Crippen molar-refractivity contribution in [3.63, 3.8) is 0 Å². The Labute approximate surface area is 200 Å². The molecule has 8 nitrogen and oxygen atoms in total. The lowest BCUT2D eigenvalue weighted by Crippen LogP contribution is -2.31. The molecule has 2 aromatic carbocycles. The molecule has 34 heavy (non-hydrogen) atoms. The molecule has 4 rings (SSSR count). The highest BCUT2D eigenvalue weighted by molar-refractivity contribution is 6.46. The lowest BCUT2D eigenvalue weighted by atomic mass is 9.94. The van der Waals surface area contributed by atoms with Gasteiger partial charge in [0.25, 0.3) is 11.7 Å². The highest BCUT2D eigenvalue weighted by Gasteiger charge is 2.45. The first-order valence-corrected chi connectivity index (χ1v) is 11.4. The van der Waals surface area contributed by atoms with Crippen LogP contribution < -0.4 is 14.5 Å². The third-order valence-corrected chi connectivity index (χ3v) is 6.34. The summed E-state index contributed by atoms with van der Waals surface area (Å²) in [5, 5.41) is 11.3. The predicted octanol–water partition coefficient (Wildman–Crippen LogP) is 3.04. The minimum Gasteiger partial charge on any atom is -0.507 e. The van der Waals surface area contributed by atoms with Gasteiger partial charge in [-0.3, -0.25) is 9.59 Å². The maximum absolute atomic E-state index is 13.2. The summed E-state index contributed by atoms with van der Waals surface area (Å²) in [5.41, 5.74) is 3.16. The number of ether oxygens (including phenoxy) is 2. The second-order valence-electron chi connectivity index (χ2n) is 8.78. The van der Waals surface area contributed by atoms with Gasteiger partial charge in [0.1, 0.15) is 18.1 Å². The van der Waals surface area contributed by atoms with Gasteiger partial charge in [0.15, 0.2) is 0 Å². The molecular weight excluding hydrogens is 434 g/mol. The molecule has 0 aromatic heterocycles. The topological polar surface area (TPSA) is 82.5 Å². The van der Waals surface area contributed by atoms with Crippen molar-refractivity contribution in [2.75, 3.05) is 64.4 Å². The van der Waals surface area contributed by atoms with Gasteiger partial charge in [0.2, 0.25) is 0 Å². The maximum atomic E-state index is 13.2. The van der Waals surface area contributed by atoms with Crippen molar-refractivity contribution in [1.29, 1.82) is 0 Å². The number of benzene rings is 2. The van der Waals surface area contributed by atoms with Crippen LogP contribution >= 0.6 is 0 Å². The molecule has 1 unspecified atom stereocenters. The molecule has 2 heterocycles. The number of likely N-dealkylation sites (N-methyl/N-ethyl adjacent to an activating group) is 1. The molecule has 0 spiro atoms. The minimum absolute atomic E-state index is 0.0966. The van der Waals surface area contributed by atoms with E-state index in [4.69, 9.17) is 9.47 Å².